The highest BCUT2D eigenvalue weighted by molar-refractivity contribution is 7.84. The van der Waals surface area contributed by atoms with Gasteiger partial charge < -0.3 is 48.2 Å². The van der Waals surface area contributed by atoms with Crippen molar-refractivity contribution in [1.29, 1.82) is 0 Å². The zero-order valence-corrected chi connectivity index (χ0v) is 39.4. The highest BCUT2D eigenvalue weighted by Crippen LogP contribution is 2.41. The molecule has 6 aliphatic heterocycles. The molecule has 3 atom stereocenters. The molecule has 3 spiro atoms. The molecule has 6 fully saturated rings. The first kappa shape index (κ1) is 50.1. The van der Waals surface area contributed by atoms with E-state index in [-0.39, 0.29) is 57.7 Å². The van der Waals surface area contributed by atoms with Crippen molar-refractivity contribution in [3.8, 4) is 0 Å². The molecule has 6 rings (SSSR count). The Kier molecular flexibility index (Phi) is 16.2. The van der Waals surface area contributed by atoms with Gasteiger partial charge in [0, 0.05) is 50.1 Å². The van der Waals surface area contributed by atoms with Gasteiger partial charge >= 0.3 is 18.3 Å². The average Bonchev–Trinajstić information content (AvgIpc) is 3.79. The monoisotopic (exact) mass is 873 g/mol. The largest absolute Gasteiger partial charge is 0.444 e. The van der Waals surface area contributed by atoms with Crippen LogP contribution in [0.1, 0.15) is 122 Å². The van der Waals surface area contributed by atoms with Crippen LogP contribution in [0.15, 0.2) is 0 Å². The number of nitrogens with zero attached hydrogens (tertiary/aromatic N) is 3. The van der Waals surface area contributed by atoms with Crippen LogP contribution in [0.5, 0.6) is 0 Å². The van der Waals surface area contributed by atoms with Crippen molar-refractivity contribution in [2.45, 2.75) is 155 Å². The van der Waals surface area contributed by atoms with Crippen molar-refractivity contribution in [1.82, 2.24) is 19.4 Å². The minimum absolute atomic E-state index is 0.0422. The van der Waals surface area contributed by atoms with E-state index in [2.05, 4.69) is 4.72 Å². The number of aliphatic hydroxyl groups is 1. The Labute approximate surface area is 361 Å². The molecule has 0 aromatic heterocycles. The minimum atomic E-state index is -1.12. The molecule has 60 heavy (non-hydrogen) atoms. The van der Waals surface area contributed by atoms with E-state index in [1.807, 2.05) is 83.1 Å². The number of amides is 3. The summed E-state index contributed by atoms with van der Waals surface area (Å²) in [6.07, 6.45) is 3.43. The average molecular weight is 873 g/mol. The Morgan fingerprint density at radius 1 is 0.617 bits per heavy atom. The summed E-state index contributed by atoms with van der Waals surface area (Å²) in [5.74, 6) is 0.186. The molecular weight excluding hydrogens is 797 g/mol. The van der Waals surface area contributed by atoms with E-state index in [0.29, 0.717) is 85.1 Å². The molecule has 6 saturated heterocycles. The van der Waals surface area contributed by atoms with Crippen LogP contribution in [-0.2, 0) is 44.2 Å². The van der Waals surface area contributed by atoms with Gasteiger partial charge in [0.2, 0.25) is 0 Å². The van der Waals surface area contributed by atoms with Crippen LogP contribution >= 0.6 is 0 Å². The molecule has 0 aliphatic carbocycles. The summed E-state index contributed by atoms with van der Waals surface area (Å²) < 4.78 is 47.8. The fourth-order valence-electron chi connectivity index (χ4n) is 8.10. The molecule has 2 unspecified atom stereocenters. The van der Waals surface area contributed by atoms with Crippen molar-refractivity contribution in [3.63, 3.8) is 0 Å². The van der Waals surface area contributed by atoms with Gasteiger partial charge in [0.05, 0.1) is 66.3 Å². The third-order valence-electron chi connectivity index (χ3n) is 12.0. The molecule has 346 valence electrons. The first-order chi connectivity index (χ1) is 27.6. The summed E-state index contributed by atoms with van der Waals surface area (Å²) >= 11 is 0. The molecule has 17 heteroatoms. The predicted molar refractivity (Wildman–Crippen MR) is 227 cm³/mol. The number of ketones is 1. The van der Waals surface area contributed by atoms with Gasteiger partial charge in [0.15, 0.2) is 5.78 Å². The summed E-state index contributed by atoms with van der Waals surface area (Å²) in [5.41, 5.74) is -1.92. The van der Waals surface area contributed by atoms with E-state index in [0.717, 1.165) is 25.7 Å². The number of rotatable bonds is 2. The van der Waals surface area contributed by atoms with Crippen LogP contribution in [0.25, 0.3) is 0 Å². The Balaban J connectivity index is 0.000000201. The summed E-state index contributed by atoms with van der Waals surface area (Å²) in [6.45, 7) is 29.4. The van der Waals surface area contributed by atoms with Crippen molar-refractivity contribution in [2.75, 3.05) is 78.9 Å². The van der Waals surface area contributed by atoms with Gasteiger partial charge in [-0.05, 0) is 122 Å². The number of carbonyl (C=O) groups is 4. The molecule has 6 heterocycles. The molecule has 0 saturated carbocycles. The van der Waals surface area contributed by atoms with E-state index >= 15 is 0 Å². The van der Waals surface area contributed by atoms with Gasteiger partial charge in [-0.15, -0.1) is 0 Å². The van der Waals surface area contributed by atoms with Gasteiger partial charge in [-0.3, -0.25) is 4.79 Å². The molecule has 16 nitrogen and oxygen atoms in total. The molecular formula is C43H76N4O12S. The Morgan fingerprint density at radius 2 is 1.00 bits per heavy atom. The third-order valence-corrected chi connectivity index (χ3v) is 13.6. The molecule has 3 amide bonds. The van der Waals surface area contributed by atoms with Crippen LogP contribution in [-0.4, -0.2) is 161 Å². The molecule has 2 N–H and O–H groups in total. The van der Waals surface area contributed by atoms with Crippen LogP contribution in [0.4, 0.5) is 14.4 Å². The van der Waals surface area contributed by atoms with Crippen molar-refractivity contribution in [3.05, 3.63) is 0 Å². The van der Waals surface area contributed by atoms with Crippen LogP contribution < -0.4 is 4.72 Å². The number of piperidine rings is 3. The summed E-state index contributed by atoms with van der Waals surface area (Å²) in [6, 6.07) is 0.0679. The summed E-state index contributed by atoms with van der Waals surface area (Å²) in [4.78, 5) is 53.0. The summed E-state index contributed by atoms with van der Waals surface area (Å²) in [7, 11) is -1.12. The molecule has 0 aromatic carbocycles. The van der Waals surface area contributed by atoms with Crippen molar-refractivity contribution >= 4 is 35.0 Å². The van der Waals surface area contributed by atoms with E-state index in [1.54, 1.807) is 14.7 Å². The lowest BCUT2D eigenvalue weighted by Gasteiger charge is -2.42. The van der Waals surface area contributed by atoms with Gasteiger partial charge in [0.1, 0.15) is 23.4 Å². The van der Waals surface area contributed by atoms with Crippen LogP contribution in [0.3, 0.4) is 0 Å². The fourth-order valence-corrected chi connectivity index (χ4v) is 9.03. The zero-order valence-electron chi connectivity index (χ0n) is 38.6. The Hall–Kier alpha value is -2.57. The Bertz CT molecular complexity index is 1510. The molecule has 6 aliphatic rings. The van der Waals surface area contributed by atoms with Crippen LogP contribution in [0.2, 0.25) is 0 Å². The maximum absolute atomic E-state index is 12.4. The van der Waals surface area contributed by atoms with Crippen molar-refractivity contribution < 1.29 is 56.9 Å². The first-order valence-electron chi connectivity index (χ1n) is 21.6. The number of hydrogen-bond donors (Lipinski definition) is 2. The first-order valence-corrected chi connectivity index (χ1v) is 22.8. The zero-order chi connectivity index (χ0) is 45.0. The molecule has 0 aromatic rings. The number of nitrogens with one attached hydrogen (secondary N) is 1. The standard InChI is InChI=1S/C17H32N2O4S.C13H23NO4.C13H21NO4/c1-15(2,3)23-14(20)19-9-7-17(8-10-19)12-22-11-13(17)18-24(21)16(4,5)6;2*1-12(2,3)18-11(16)14-6-4-13(5-7-14)9-17-8-10(13)15/h13,18H,7-12H2,1-6H3;10,15H,4-9H2,1-3H3;4-9H2,1-3H3/t13-,24?;;/m1../s1. The number of carbonyl (C=O) groups excluding carboxylic acids is 4. The second kappa shape index (κ2) is 19.4. The number of ether oxygens (including phenoxy) is 6. The normalized spacial score (nSPS) is 25.6. The SMILES string of the molecule is CC(C)(C)OC(=O)N1CCC2(CC1)COCC2=O.CC(C)(C)OC(=O)N1CCC2(CC1)COCC2O.CC(C)(C)OC(=O)N1CCC2(CC1)COC[C@H]2NS(=O)C(C)(C)C. The minimum Gasteiger partial charge on any atom is -0.444 e. The third kappa shape index (κ3) is 13.7. The quantitative estimate of drug-likeness (QED) is 0.335. The van der Waals surface area contributed by atoms with E-state index in [1.165, 1.54) is 0 Å². The van der Waals surface area contributed by atoms with Gasteiger partial charge in [0.25, 0.3) is 0 Å². The lowest BCUT2D eigenvalue weighted by Crippen LogP contribution is -2.54. The maximum Gasteiger partial charge on any atom is 0.410 e. The highest BCUT2D eigenvalue weighted by Gasteiger charge is 2.49. The summed E-state index contributed by atoms with van der Waals surface area (Å²) in [5, 5.41) is 9.96. The van der Waals surface area contributed by atoms with Gasteiger partial charge in [-0.25, -0.2) is 23.3 Å². The number of aliphatic hydroxyl groups excluding tert-OH is 1. The second-order valence-corrected chi connectivity index (χ2v) is 23.4. The van der Waals surface area contributed by atoms with Crippen molar-refractivity contribution in [2.24, 2.45) is 16.2 Å². The molecule has 0 bridgehead atoms. The maximum atomic E-state index is 12.4. The Morgan fingerprint density at radius 3 is 1.35 bits per heavy atom. The smallest absolute Gasteiger partial charge is 0.410 e. The van der Waals surface area contributed by atoms with E-state index < -0.39 is 33.9 Å². The lowest BCUT2D eigenvalue weighted by atomic mass is 9.75. The fraction of sp³-hybridized carbons (Fsp3) is 0.907. The number of Topliss-reactive ketones (excluding diaryl/α,β-unsaturated/α-hetero) is 1. The lowest BCUT2D eigenvalue weighted by molar-refractivity contribution is -0.126. The van der Waals surface area contributed by atoms with Gasteiger partial charge in [-0.2, -0.15) is 0 Å². The topological polar surface area (TPSA) is 183 Å². The number of likely N-dealkylation sites (tertiary alicyclic amines) is 3. The van der Waals surface area contributed by atoms with Crippen LogP contribution in [0, 0.1) is 16.2 Å². The molecule has 0 radical (unpaired) electrons. The predicted octanol–water partition coefficient (Wildman–Crippen LogP) is 5.45. The van der Waals surface area contributed by atoms with E-state index in [9.17, 15) is 28.5 Å². The van der Waals surface area contributed by atoms with Gasteiger partial charge in [-0.1, -0.05) is 0 Å². The number of hydrogen-bond acceptors (Lipinski definition) is 12. The second-order valence-electron chi connectivity index (χ2n) is 21.4. The van der Waals surface area contributed by atoms with E-state index in [4.69, 9.17) is 28.4 Å². The highest BCUT2D eigenvalue weighted by atomic mass is 32.2.